The highest BCUT2D eigenvalue weighted by Gasteiger charge is 2.23. The van der Waals surface area contributed by atoms with Crippen LogP contribution >= 0.6 is 11.6 Å². The van der Waals surface area contributed by atoms with E-state index < -0.39 is 0 Å². The van der Waals surface area contributed by atoms with Crippen molar-refractivity contribution in [1.82, 2.24) is 24.6 Å². The molecular formula is C16H22ClN5. The van der Waals surface area contributed by atoms with Gasteiger partial charge in [-0.05, 0) is 18.6 Å². The van der Waals surface area contributed by atoms with Crippen molar-refractivity contribution in [2.75, 3.05) is 26.2 Å². The third-order valence-electron chi connectivity index (χ3n) is 4.48. The van der Waals surface area contributed by atoms with Crippen LogP contribution in [0.1, 0.15) is 24.4 Å². The zero-order valence-corrected chi connectivity index (χ0v) is 13.9. The number of benzene rings is 1. The monoisotopic (exact) mass is 319 g/mol. The quantitative estimate of drug-likeness (QED) is 0.867. The van der Waals surface area contributed by atoms with Gasteiger partial charge >= 0.3 is 0 Å². The van der Waals surface area contributed by atoms with Crippen LogP contribution in [0.4, 0.5) is 0 Å². The molecule has 1 aliphatic rings. The van der Waals surface area contributed by atoms with Crippen LogP contribution in [0.5, 0.6) is 0 Å². The fourth-order valence-corrected chi connectivity index (χ4v) is 3.28. The molecule has 1 atom stereocenters. The van der Waals surface area contributed by atoms with E-state index >= 15 is 0 Å². The van der Waals surface area contributed by atoms with Gasteiger partial charge in [0.2, 0.25) is 0 Å². The molecule has 118 valence electrons. The average Bonchev–Trinajstić information content (AvgIpc) is 2.93. The SMILES string of the molecule is C[C@@H](c1ccccc1Cl)N1CCN(Cc2ncnn2C)CC1. The van der Waals surface area contributed by atoms with Gasteiger partial charge < -0.3 is 0 Å². The zero-order valence-electron chi connectivity index (χ0n) is 13.1. The van der Waals surface area contributed by atoms with E-state index in [1.807, 2.05) is 23.9 Å². The van der Waals surface area contributed by atoms with Gasteiger partial charge in [-0.3, -0.25) is 14.5 Å². The molecule has 0 bridgehead atoms. The highest BCUT2D eigenvalue weighted by Crippen LogP contribution is 2.27. The lowest BCUT2D eigenvalue weighted by molar-refractivity contribution is 0.0955. The second kappa shape index (κ2) is 6.77. The molecule has 0 amide bonds. The van der Waals surface area contributed by atoms with E-state index in [9.17, 15) is 0 Å². The van der Waals surface area contributed by atoms with E-state index in [0.717, 1.165) is 43.6 Å². The molecule has 1 fully saturated rings. The molecular weight excluding hydrogens is 298 g/mol. The molecule has 1 aromatic carbocycles. The van der Waals surface area contributed by atoms with Crippen molar-refractivity contribution in [3.63, 3.8) is 0 Å². The molecule has 0 unspecified atom stereocenters. The number of hydrogen-bond donors (Lipinski definition) is 0. The fourth-order valence-electron chi connectivity index (χ4n) is 2.98. The summed E-state index contributed by atoms with van der Waals surface area (Å²) in [5, 5.41) is 4.99. The Morgan fingerprint density at radius 2 is 1.91 bits per heavy atom. The second-order valence-corrected chi connectivity index (χ2v) is 6.22. The van der Waals surface area contributed by atoms with Gasteiger partial charge in [-0.2, -0.15) is 5.10 Å². The van der Waals surface area contributed by atoms with Crippen LogP contribution in [0.15, 0.2) is 30.6 Å². The van der Waals surface area contributed by atoms with E-state index in [-0.39, 0.29) is 0 Å². The van der Waals surface area contributed by atoms with Crippen LogP contribution in [0.3, 0.4) is 0 Å². The Hall–Kier alpha value is -1.43. The Bertz CT molecular complexity index is 619. The lowest BCUT2D eigenvalue weighted by Crippen LogP contribution is -2.46. The summed E-state index contributed by atoms with van der Waals surface area (Å²) in [6.07, 6.45) is 1.62. The molecule has 0 radical (unpaired) electrons. The highest BCUT2D eigenvalue weighted by atomic mass is 35.5. The molecule has 22 heavy (non-hydrogen) atoms. The predicted octanol–water partition coefficient (Wildman–Crippen LogP) is 2.35. The van der Waals surface area contributed by atoms with Gasteiger partial charge in [0.25, 0.3) is 0 Å². The van der Waals surface area contributed by atoms with Crippen LogP contribution in [-0.4, -0.2) is 50.7 Å². The first-order valence-electron chi connectivity index (χ1n) is 7.69. The highest BCUT2D eigenvalue weighted by molar-refractivity contribution is 6.31. The van der Waals surface area contributed by atoms with E-state index in [4.69, 9.17) is 11.6 Å². The van der Waals surface area contributed by atoms with Gasteiger partial charge in [-0.15, -0.1) is 0 Å². The summed E-state index contributed by atoms with van der Waals surface area (Å²) < 4.78 is 1.85. The maximum absolute atomic E-state index is 6.32. The first-order chi connectivity index (χ1) is 10.6. The van der Waals surface area contributed by atoms with Crippen LogP contribution in [0.25, 0.3) is 0 Å². The Morgan fingerprint density at radius 1 is 1.18 bits per heavy atom. The summed E-state index contributed by atoms with van der Waals surface area (Å²) in [5.41, 5.74) is 1.21. The maximum atomic E-state index is 6.32. The molecule has 5 nitrogen and oxygen atoms in total. The van der Waals surface area contributed by atoms with Crippen LogP contribution in [0.2, 0.25) is 5.02 Å². The summed E-state index contributed by atoms with van der Waals surface area (Å²) in [4.78, 5) is 9.23. The molecule has 2 aromatic rings. The molecule has 0 saturated carbocycles. The molecule has 1 aliphatic heterocycles. The molecule has 0 spiro atoms. The standard InChI is InChI=1S/C16H22ClN5/c1-13(14-5-3-4-6-15(14)17)22-9-7-21(8-10-22)11-16-18-12-19-20(16)2/h3-6,12-13H,7-11H2,1-2H3/t13-/m0/s1. The van der Waals surface area contributed by atoms with Crippen molar-refractivity contribution >= 4 is 11.6 Å². The molecule has 2 heterocycles. The largest absolute Gasteiger partial charge is 0.294 e. The maximum Gasteiger partial charge on any atom is 0.140 e. The van der Waals surface area contributed by atoms with Crippen LogP contribution in [-0.2, 0) is 13.6 Å². The van der Waals surface area contributed by atoms with Crippen LogP contribution in [0, 0.1) is 0 Å². The van der Waals surface area contributed by atoms with Gasteiger partial charge in [0.1, 0.15) is 12.2 Å². The third kappa shape index (κ3) is 3.32. The van der Waals surface area contributed by atoms with Crippen molar-refractivity contribution in [2.24, 2.45) is 7.05 Å². The Morgan fingerprint density at radius 3 is 2.55 bits per heavy atom. The molecule has 0 N–H and O–H groups in total. The molecule has 1 aromatic heterocycles. The minimum absolute atomic E-state index is 0.352. The first-order valence-corrected chi connectivity index (χ1v) is 8.06. The summed E-state index contributed by atoms with van der Waals surface area (Å²) in [5.74, 6) is 1.02. The lowest BCUT2D eigenvalue weighted by atomic mass is 10.1. The first kappa shape index (κ1) is 15.5. The van der Waals surface area contributed by atoms with Crippen molar-refractivity contribution in [1.29, 1.82) is 0 Å². The number of hydrogen-bond acceptors (Lipinski definition) is 4. The van der Waals surface area contributed by atoms with Crippen LogP contribution < -0.4 is 0 Å². The number of nitrogens with zero attached hydrogens (tertiary/aromatic N) is 5. The van der Waals surface area contributed by atoms with Crippen molar-refractivity contribution < 1.29 is 0 Å². The van der Waals surface area contributed by atoms with E-state index in [1.54, 1.807) is 6.33 Å². The Labute approximate surface area is 136 Å². The third-order valence-corrected chi connectivity index (χ3v) is 4.82. The number of aromatic nitrogens is 3. The summed E-state index contributed by atoms with van der Waals surface area (Å²) in [7, 11) is 1.94. The topological polar surface area (TPSA) is 37.2 Å². The van der Waals surface area contributed by atoms with Gasteiger partial charge in [-0.25, -0.2) is 4.98 Å². The van der Waals surface area contributed by atoms with Gasteiger partial charge in [0, 0.05) is 44.3 Å². The van der Waals surface area contributed by atoms with Gasteiger partial charge in [-0.1, -0.05) is 29.8 Å². The Balaban J connectivity index is 1.57. The summed E-state index contributed by atoms with van der Waals surface area (Å²) >= 11 is 6.32. The Kier molecular flexibility index (Phi) is 4.76. The summed E-state index contributed by atoms with van der Waals surface area (Å²) in [6.45, 7) is 7.28. The molecule has 6 heteroatoms. The van der Waals surface area contributed by atoms with E-state index in [1.165, 1.54) is 5.56 Å². The van der Waals surface area contributed by atoms with Crippen molar-refractivity contribution in [2.45, 2.75) is 19.5 Å². The fraction of sp³-hybridized carbons (Fsp3) is 0.500. The average molecular weight is 320 g/mol. The lowest BCUT2D eigenvalue weighted by Gasteiger charge is -2.38. The second-order valence-electron chi connectivity index (χ2n) is 5.81. The molecule has 1 saturated heterocycles. The number of aryl methyl sites for hydroxylation is 1. The normalized spacial score (nSPS) is 18.5. The minimum Gasteiger partial charge on any atom is -0.294 e. The van der Waals surface area contributed by atoms with Crippen molar-refractivity contribution in [3.05, 3.63) is 47.0 Å². The predicted molar refractivity (Wildman–Crippen MR) is 87.7 cm³/mol. The number of halogens is 1. The van der Waals surface area contributed by atoms with E-state index in [0.29, 0.717) is 6.04 Å². The van der Waals surface area contributed by atoms with Crippen molar-refractivity contribution in [3.8, 4) is 0 Å². The number of rotatable bonds is 4. The smallest absolute Gasteiger partial charge is 0.140 e. The summed E-state index contributed by atoms with van der Waals surface area (Å²) in [6, 6.07) is 8.49. The minimum atomic E-state index is 0.352. The molecule has 0 aliphatic carbocycles. The van der Waals surface area contributed by atoms with E-state index in [2.05, 4.69) is 38.9 Å². The van der Waals surface area contributed by atoms with Gasteiger partial charge in [0.15, 0.2) is 0 Å². The molecule has 3 rings (SSSR count). The zero-order chi connectivity index (χ0) is 15.5. The van der Waals surface area contributed by atoms with Gasteiger partial charge in [0.05, 0.1) is 6.54 Å². The number of piperazine rings is 1.